The smallest absolute Gasteiger partial charge is 0.338 e. The summed E-state index contributed by atoms with van der Waals surface area (Å²) in [4.78, 5) is 26.0. The molecule has 2 fully saturated rings. The van der Waals surface area contributed by atoms with Gasteiger partial charge in [0.1, 0.15) is 5.75 Å². The Hall–Kier alpha value is -1.86. The molecule has 1 aliphatic carbocycles. The van der Waals surface area contributed by atoms with Gasteiger partial charge in [-0.2, -0.15) is 0 Å². The van der Waals surface area contributed by atoms with E-state index >= 15 is 0 Å². The fraction of sp³-hybridized carbons (Fsp3) is 0.619. The number of nitrogens with zero attached hydrogens (tertiary/aromatic N) is 1. The third kappa shape index (κ3) is 3.59. The van der Waals surface area contributed by atoms with E-state index in [9.17, 15) is 14.0 Å². The molecule has 1 amide bonds. The zero-order valence-corrected chi connectivity index (χ0v) is 17.6. The molecule has 0 radical (unpaired) electrons. The number of hydrogen-bond donors (Lipinski definition) is 0. The van der Waals surface area contributed by atoms with Crippen LogP contribution in [0.2, 0.25) is 5.02 Å². The van der Waals surface area contributed by atoms with E-state index in [2.05, 4.69) is 0 Å². The molecule has 2 atom stereocenters. The third-order valence-corrected chi connectivity index (χ3v) is 6.46. The maximum Gasteiger partial charge on any atom is 0.338 e. The fourth-order valence-corrected chi connectivity index (χ4v) is 4.63. The lowest BCUT2D eigenvalue weighted by molar-refractivity contribution is -0.250. The second kappa shape index (κ2) is 7.13. The van der Waals surface area contributed by atoms with E-state index < -0.39 is 23.5 Å². The van der Waals surface area contributed by atoms with Crippen molar-refractivity contribution in [3.05, 3.63) is 28.3 Å². The Morgan fingerprint density at radius 1 is 1.28 bits per heavy atom. The van der Waals surface area contributed by atoms with Crippen molar-refractivity contribution in [2.24, 2.45) is 5.92 Å². The molecule has 8 heteroatoms. The highest BCUT2D eigenvalue weighted by atomic mass is 35.5. The van der Waals surface area contributed by atoms with Gasteiger partial charge in [0.05, 0.1) is 18.8 Å². The zero-order valence-electron chi connectivity index (χ0n) is 16.8. The predicted octanol–water partition coefficient (Wildman–Crippen LogP) is 4.05. The van der Waals surface area contributed by atoms with E-state index in [1.165, 1.54) is 7.11 Å². The van der Waals surface area contributed by atoms with Crippen LogP contribution in [0.5, 0.6) is 5.75 Å². The van der Waals surface area contributed by atoms with Crippen LogP contribution in [-0.2, 0) is 14.3 Å². The van der Waals surface area contributed by atoms with Crippen molar-refractivity contribution in [3.63, 3.8) is 0 Å². The Kier molecular flexibility index (Phi) is 5.02. The van der Waals surface area contributed by atoms with Gasteiger partial charge in [-0.3, -0.25) is 4.79 Å². The van der Waals surface area contributed by atoms with E-state index in [1.807, 2.05) is 13.8 Å². The van der Waals surface area contributed by atoms with E-state index in [0.29, 0.717) is 60.7 Å². The van der Waals surface area contributed by atoms with Gasteiger partial charge >= 0.3 is 5.97 Å². The van der Waals surface area contributed by atoms with Crippen LogP contribution in [0.1, 0.15) is 61.6 Å². The number of methoxy groups -OCH3 is 1. The highest BCUT2D eigenvalue weighted by Crippen LogP contribution is 2.47. The molecule has 2 unspecified atom stereocenters. The van der Waals surface area contributed by atoms with Gasteiger partial charge in [-0.15, -0.1) is 0 Å². The Morgan fingerprint density at radius 3 is 2.52 bits per heavy atom. The van der Waals surface area contributed by atoms with Gasteiger partial charge in [-0.25, -0.2) is 9.18 Å². The number of halogens is 2. The van der Waals surface area contributed by atoms with Crippen molar-refractivity contribution < 1.29 is 28.2 Å². The lowest BCUT2D eigenvalue weighted by Gasteiger charge is -2.46. The molecule has 6 nitrogen and oxygen atoms in total. The number of hydrogen-bond acceptors (Lipinski definition) is 5. The molecule has 0 N–H and O–H groups in total. The highest BCUT2D eigenvalue weighted by Gasteiger charge is 2.54. The number of carbonyl (C=O) groups is 2. The Morgan fingerprint density at radius 2 is 1.93 bits per heavy atom. The molecular weight excluding hydrogens is 401 g/mol. The average molecular weight is 426 g/mol. The largest absolute Gasteiger partial charge is 0.465 e. The van der Waals surface area contributed by atoms with Crippen molar-refractivity contribution in [2.45, 2.75) is 57.1 Å². The van der Waals surface area contributed by atoms with Gasteiger partial charge in [0.2, 0.25) is 5.79 Å². The number of amides is 1. The van der Waals surface area contributed by atoms with Crippen LogP contribution in [0.3, 0.4) is 0 Å². The lowest BCUT2D eigenvalue weighted by atomic mass is 9.87. The molecule has 1 aromatic carbocycles. The van der Waals surface area contributed by atoms with Crippen LogP contribution in [0, 0.1) is 5.92 Å². The first-order chi connectivity index (χ1) is 13.7. The summed E-state index contributed by atoms with van der Waals surface area (Å²) in [5.41, 5.74) is -0.703. The second-order valence-corrected chi connectivity index (χ2v) is 8.70. The van der Waals surface area contributed by atoms with Crippen LogP contribution in [0.4, 0.5) is 4.39 Å². The van der Waals surface area contributed by atoms with E-state index in [0.717, 1.165) is 0 Å². The standard InChI is InChI=1S/C21H25ClFNO5/c1-12-17-15(18(25)27-3)10-14(22)11-16(17)29-20(2,28-12)13-4-8-24(9-5-13)19(26)21(23)6-7-21/h10-13H,4-9H2,1-3H3. The van der Waals surface area contributed by atoms with E-state index in [4.69, 9.17) is 25.8 Å². The van der Waals surface area contributed by atoms with Gasteiger partial charge in [0.15, 0.2) is 5.67 Å². The summed E-state index contributed by atoms with van der Waals surface area (Å²) >= 11 is 6.20. The van der Waals surface area contributed by atoms with Crippen molar-refractivity contribution in [1.29, 1.82) is 0 Å². The number of likely N-dealkylation sites (tertiary alicyclic amines) is 1. The van der Waals surface area contributed by atoms with E-state index in [1.54, 1.807) is 17.0 Å². The number of alkyl halides is 1. The Labute approximate surface area is 174 Å². The maximum absolute atomic E-state index is 14.1. The highest BCUT2D eigenvalue weighted by molar-refractivity contribution is 6.31. The van der Waals surface area contributed by atoms with E-state index in [-0.39, 0.29) is 11.8 Å². The molecule has 1 aromatic rings. The second-order valence-electron chi connectivity index (χ2n) is 8.27. The van der Waals surface area contributed by atoms with Crippen molar-refractivity contribution in [2.75, 3.05) is 20.2 Å². The molecule has 0 spiro atoms. The van der Waals surface area contributed by atoms with Crippen LogP contribution in [0.25, 0.3) is 0 Å². The maximum atomic E-state index is 14.1. The monoisotopic (exact) mass is 425 g/mol. The van der Waals surface area contributed by atoms with Gasteiger partial charge in [-0.05, 0) is 44.7 Å². The topological polar surface area (TPSA) is 65.1 Å². The summed E-state index contributed by atoms with van der Waals surface area (Å²) < 4.78 is 31.4. The molecule has 0 aromatic heterocycles. The van der Waals surface area contributed by atoms with Crippen molar-refractivity contribution in [1.82, 2.24) is 4.90 Å². The van der Waals surface area contributed by atoms with Gasteiger partial charge in [0, 0.05) is 36.5 Å². The Balaban J connectivity index is 1.53. The lowest BCUT2D eigenvalue weighted by Crippen LogP contribution is -2.52. The molecule has 4 rings (SSSR count). The summed E-state index contributed by atoms with van der Waals surface area (Å²) in [6.07, 6.45) is 1.53. The number of ether oxygens (including phenoxy) is 3. The van der Waals surface area contributed by atoms with Crippen molar-refractivity contribution in [3.8, 4) is 5.75 Å². The van der Waals surface area contributed by atoms with Crippen molar-refractivity contribution >= 4 is 23.5 Å². The minimum Gasteiger partial charge on any atom is -0.465 e. The van der Waals surface area contributed by atoms with Crippen LogP contribution >= 0.6 is 11.6 Å². The number of fused-ring (bicyclic) bond motifs is 1. The van der Waals surface area contributed by atoms with Crippen LogP contribution in [0.15, 0.2) is 12.1 Å². The number of piperidine rings is 1. The molecular formula is C21H25ClFNO5. The quantitative estimate of drug-likeness (QED) is 0.683. The summed E-state index contributed by atoms with van der Waals surface area (Å²) in [5.74, 6) is -1.32. The minimum atomic E-state index is -1.64. The summed E-state index contributed by atoms with van der Waals surface area (Å²) in [5, 5.41) is 0.374. The van der Waals surface area contributed by atoms with Gasteiger partial charge < -0.3 is 19.1 Å². The number of rotatable bonds is 3. The molecule has 2 heterocycles. The number of esters is 1. The SMILES string of the molecule is COC(=O)c1cc(Cl)cc2c1C(C)OC(C)(C1CCN(C(=O)C3(F)CC3)CC1)O2. The fourth-order valence-electron chi connectivity index (χ4n) is 4.42. The molecule has 158 valence electrons. The minimum absolute atomic E-state index is 0.0115. The summed E-state index contributed by atoms with van der Waals surface area (Å²) in [6, 6.07) is 3.23. The third-order valence-electron chi connectivity index (χ3n) is 6.24. The molecule has 2 aliphatic heterocycles. The zero-order chi connectivity index (χ0) is 21.0. The normalized spacial score (nSPS) is 28.3. The number of benzene rings is 1. The van der Waals surface area contributed by atoms with Crippen LogP contribution < -0.4 is 4.74 Å². The first-order valence-electron chi connectivity index (χ1n) is 9.94. The van der Waals surface area contributed by atoms with Gasteiger partial charge in [0.25, 0.3) is 5.91 Å². The first kappa shape index (κ1) is 20.4. The Bertz CT molecular complexity index is 850. The van der Waals surface area contributed by atoms with Gasteiger partial charge in [-0.1, -0.05) is 11.6 Å². The molecule has 1 saturated heterocycles. The summed E-state index contributed by atoms with van der Waals surface area (Å²) in [7, 11) is 1.31. The molecule has 0 bridgehead atoms. The van der Waals surface area contributed by atoms with Crippen LogP contribution in [-0.4, -0.2) is 48.4 Å². The molecule has 1 saturated carbocycles. The molecule has 3 aliphatic rings. The predicted molar refractivity (Wildman–Crippen MR) is 104 cm³/mol. The number of carbonyl (C=O) groups excluding carboxylic acids is 2. The first-order valence-corrected chi connectivity index (χ1v) is 10.3. The molecule has 29 heavy (non-hydrogen) atoms. The summed E-state index contributed by atoms with van der Waals surface area (Å²) in [6.45, 7) is 4.67. The average Bonchev–Trinajstić information content (AvgIpc) is 3.44.